The number of halogens is 2. The molecular formula is C9H11F2NO2S. The molecule has 6 heteroatoms. The van der Waals surface area contributed by atoms with E-state index in [4.69, 9.17) is 4.74 Å². The number of Topliss-reactive ketones (excluding diaryl/α,β-unsaturated/α-hetero) is 1. The van der Waals surface area contributed by atoms with Crippen LogP contribution in [0.3, 0.4) is 0 Å². The van der Waals surface area contributed by atoms with E-state index in [9.17, 15) is 13.6 Å². The summed E-state index contributed by atoms with van der Waals surface area (Å²) in [5.41, 5.74) is 0. The van der Waals surface area contributed by atoms with E-state index in [2.05, 4.69) is 4.98 Å². The number of ether oxygens (including phenoxy) is 1. The Morgan fingerprint density at radius 1 is 1.67 bits per heavy atom. The van der Waals surface area contributed by atoms with Crippen molar-refractivity contribution < 1.29 is 18.3 Å². The van der Waals surface area contributed by atoms with Crippen LogP contribution in [0.2, 0.25) is 0 Å². The van der Waals surface area contributed by atoms with Crippen LogP contribution in [0.15, 0.2) is 6.20 Å². The predicted molar refractivity (Wildman–Crippen MR) is 52.6 cm³/mol. The van der Waals surface area contributed by atoms with Crippen molar-refractivity contribution >= 4 is 17.1 Å². The van der Waals surface area contributed by atoms with Crippen LogP contribution in [0.25, 0.3) is 0 Å². The number of aromatic nitrogens is 1. The molecular weight excluding hydrogens is 224 g/mol. The van der Waals surface area contributed by atoms with E-state index in [0.29, 0.717) is 11.3 Å². The summed E-state index contributed by atoms with van der Waals surface area (Å²) in [5.74, 6) is -0.0350. The first-order chi connectivity index (χ1) is 7.09. The zero-order chi connectivity index (χ0) is 11.3. The minimum absolute atomic E-state index is 0.0350. The molecule has 0 aromatic carbocycles. The molecule has 0 spiro atoms. The Hall–Kier alpha value is -0.880. The molecule has 0 saturated carbocycles. The number of carbonyl (C=O) groups excluding carboxylic acids is 1. The summed E-state index contributed by atoms with van der Waals surface area (Å²) in [7, 11) is 0. The van der Waals surface area contributed by atoms with Crippen molar-refractivity contribution in [1.29, 1.82) is 0 Å². The number of ketones is 1. The highest BCUT2D eigenvalue weighted by Gasteiger charge is 2.06. The van der Waals surface area contributed by atoms with Crippen molar-refractivity contribution in [2.24, 2.45) is 0 Å². The lowest BCUT2D eigenvalue weighted by atomic mass is 10.4. The van der Waals surface area contributed by atoms with E-state index in [1.807, 2.05) is 0 Å². The van der Waals surface area contributed by atoms with Gasteiger partial charge < -0.3 is 4.74 Å². The van der Waals surface area contributed by atoms with Crippen molar-refractivity contribution in [3.63, 3.8) is 0 Å². The largest absolute Gasteiger partial charge is 0.375 e. The van der Waals surface area contributed by atoms with Crippen molar-refractivity contribution in [1.82, 2.24) is 4.98 Å². The molecule has 0 bridgehead atoms. The predicted octanol–water partition coefficient (Wildman–Crippen LogP) is 2.17. The van der Waals surface area contributed by atoms with Crippen LogP contribution in [0.5, 0.6) is 0 Å². The Labute approximate surface area is 90.1 Å². The van der Waals surface area contributed by atoms with Gasteiger partial charge in [0.2, 0.25) is 0 Å². The van der Waals surface area contributed by atoms with E-state index >= 15 is 0 Å². The molecule has 15 heavy (non-hydrogen) atoms. The van der Waals surface area contributed by atoms with Gasteiger partial charge in [0.25, 0.3) is 6.43 Å². The van der Waals surface area contributed by atoms with Gasteiger partial charge in [0.15, 0.2) is 5.78 Å². The van der Waals surface area contributed by atoms with Gasteiger partial charge in [-0.25, -0.2) is 13.8 Å². The molecule has 1 aromatic rings. The Kier molecular flexibility index (Phi) is 4.77. The van der Waals surface area contributed by atoms with E-state index in [0.717, 1.165) is 5.01 Å². The Balaban J connectivity index is 2.29. The maximum Gasteiger partial charge on any atom is 0.261 e. The standard InChI is InChI=1S/C9H11F2NO2S/c1-6(13)7-4-12-9(15-7)2-3-14-5-8(10)11/h4,8H,2-3,5H2,1H3. The molecule has 1 aromatic heterocycles. The number of rotatable bonds is 6. The molecule has 0 N–H and O–H groups in total. The highest BCUT2D eigenvalue weighted by Crippen LogP contribution is 2.13. The van der Waals surface area contributed by atoms with E-state index in [1.165, 1.54) is 24.5 Å². The SMILES string of the molecule is CC(=O)c1cnc(CCOCC(F)F)s1. The monoisotopic (exact) mass is 235 g/mol. The summed E-state index contributed by atoms with van der Waals surface area (Å²) in [6.07, 6.45) is -0.478. The summed E-state index contributed by atoms with van der Waals surface area (Å²) in [6, 6.07) is 0. The van der Waals surface area contributed by atoms with Crippen LogP contribution in [0.1, 0.15) is 21.6 Å². The summed E-state index contributed by atoms with van der Waals surface area (Å²) >= 11 is 1.27. The fourth-order valence-corrected chi connectivity index (χ4v) is 1.71. The summed E-state index contributed by atoms with van der Waals surface area (Å²) < 4.78 is 28.1. The normalized spacial score (nSPS) is 10.9. The molecule has 1 rings (SSSR count). The number of thiazole rings is 1. The minimum atomic E-state index is -2.44. The van der Waals surface area contributed by atoms with Crippen molar-refractivity contribution in [3.05, 3.63) is 16.1 Å². The van der Waals surface area contributed by atoms with E-state index in [-0.39, 0.29) is 12.4 Å². The molecule has 0 aliphatic heterocycles. The van der Waals surface area contributed by atoms with E-state index in [1.54, 1.807) is 0 Å². The van der Waals surface area contributed by atoms with Crippen LogP contribution < -0.4 is 0 Å². The molecule has 0 radical (unpaired) electrons. The molecule has 84 valence electrons. The number of alkyl halides is 2. The second kappa shape index (κ2) is 5.87. The Morgan fingerprint density at radius 2 is 2.40 bits per heavy atom. The highest BCUT2D eigenvalue weighted by molar-refractivity contribution is 7.13. The molecule has 0 aliphatic rings. The van der Waals surface area contributed by atoms with Crippen molar-refractivity contribution in [2.75, 3.05) is 13.2 Å². The number of nitrogens with zero attached hydrogens (tertiary/aromatic N) is 1. The van der Waals surface area contributed by atoms with Gasteiger partial charge in [-0.1, -0.05) is 0 Å². The van der Waals surface area contributed by atoms with Gasteiger partial charge in [-0.3, -0.25) is 4.79 Å². The second-order valence-electron chi connectivity index (χ2n) is 2.89. The maximum atomic E-state index is 11.7. The van der Waals surface area contributed by atoms with Gasteiger partial charge in [-0.15, -0.1) is 11.3 Å². The minimum Gasteiger partial charge on any atom is -0.375 e. The van der Waals surface area contributed by atoms with Crippen LogP contribution in [0.4, 0.5) is 8.78 Å². The molecule has 0 atom stereocenters. The Bertz CT molecular complexity index is 328. The van der Waals surface area contributed by atoms with Gasteiger partial charge >= 0.3 is 0 Å². The Morgan fingerprint density at radius 3 is 2.93 bits per heavy atom. The van der Waals surface area contributed by atoms with Crippen LogP contribution in [-0.4, -0.2) is 30.4 Å². The quantitative estimate of drug-likeness (QED) is 0.560. The molecule has 0 saturated heterocycles. The molecule has 0 amide bonds. The van der Waals surface area contributed by atoms with Gasteiger partial charge in [0.05, 0.1) is 16.5 Å². The smallest absolute Gasteiger partial charge is 0.261 e. The van der Waals surface area contributed by atoms with Gasteiger partial charge in [0, 0.05) is 19.5 Å². The third-order valence-electron chi connectivity index (χ3n) is 1.60. The van der Waals surface area contributed by atoms with Crippen molar-refractivity contribution in [3.8, 4) is 0 Å². The maximum absolute atomic E-state index is 11.7. The van der Waals surface area contributed by atoms with Gasteiger partial charge in [-0.2, -0.15) is 0 Å². The van der Waals surface area contributed by atoms with Gasteiger partial charge in [0.1, 0.15) is 6.61 Å². The van der Waals surface area contributed by atoms with Crippen LogP contribution >= 0.6 is 11.3 Å². The fourth-order valence-electron chi connectivity index (χ4n) is 0.920. The molecule has 3 nitrogen and oxygen atoms in total. The zero-order valence-corrected chi connectivity index (χ0v) is 9.02. The first kappa shape index (κ1) is 12.2. The summed E-state index contributed by atoms with van der Waals surface area (Å²) in [6.45, 7) is 1.12. The highest BCUT2D eigenvalue weighted by atomic mass is 32.1. The van der Waals surface area contributed by atoms with Crippen LogP contribution in [-0.2, 0) is 11.2 Å². The van der Waals surface area contributed by atoms with E-state index < -0.39 is 13.0 Å². The molecule has 1 heterocycles. The average Bonchev–Trinajstić information content (AvgIpc) is 2.60. The zero-order valence-electron chi connectivity index (χ0n) is 8.20. The number of hydrogen-bond acceptors (Lipinski definition) is 4. The molecule has 0 unspecified atom stereocenters. The number of hydrogen-bond donors (Lipinski definition) is 0. The molecule has 0 aliphatic carbocycles. The first-order valence-corrected chi connectivity index (χ1v) is 5.22. The summed E-state index contributed by atoms with van der Waals surface area (Å²) in [5, 5.41) is 0.731. The third kappa shape index (κ3) is 4.44. The second-order valence-corrected chi connectivity index (χ2v) is 4.01. The van der Waals surface area contributed by atoms with Crippen LogP contribution in [0, 0.1) is 0 Å². The third-order valence-corrected chi connectivity index (χ3v) is 2.76. The lowest BCUT2D eigenvalue weighted by molar-refractivity contribution is 0.0187. The lowest BCUT2D eigenvalue weighted by Gasteiger charge is -2.00. The fraction of sp³-hybridized carbons (Fsp3) is 0.556. The number of carbonyl (C=O) groups is 1. The lowest BCUT2D eigenvalue weighted by Crippen LogP contribution is -2.06. The first-order valence-electron chi connectivity index (χ1n) is 4.41. The summed E-state index contributed by atoms with van der Waals surface area (Å²) in [4.78, 5) is 15.5. The van der Waals surface area contributed by atoms with Crippen molar-refractivity contribution in [2.45, 2.75) is 19.8 Å². The van der Waals surface area contributed by atoms with Gasteiger partial charge in [-0.05, 0) is 0 Å². The topological polar surface area (TPSA) is 39.2 Å². The average molecular weight is 235 g/mol. The molecule has 0 fully saturated rings.